The summed E-state index contributed by atoms with van der Waals surface area (Å²) in [4.78, 5) is 27.9. The van der Waals surface area contributed by atoms with Crippen LogP contribution < -0.4 is 5.32 Å². The van der Waals surface area contributed by atoms with E-state index in [0.717, 1.165) is 39.3 Å². The maximum Gasteiger partial charge on any atom is 0.269 e. The van der Waals surface area contributed by atoms with E-state index in [9.17, 15) is 14.9 Å². The van der Waals surface area contributed by atoms with Crippen LogP contribution in [0.4, 0.5) is 5.69 Å². The third kappa shape index (κ3) is 4.96. The molecule has 2 fully saturated rings. The van der Waals surface area contributed by atoms with E-state index in [1.807, 2.05) is 0 Å². The molecule has 0 unspecified atom stereocenters. The molecule has 1 saturated heterocycles. The Morgan fingerprint density at radius 3 is 2.32 bits per heavy atom. The summed E-state index contributed by atoms with van der Waals surface area (Å²) in [5, 5.41) is 14.2. The second-order valence-corrected chi connectivity index (χ2v) is 8.04. The average molecular weight is 389 g/mol. The van der Waals surface area contributed by atoms with E-state index >= 15 is 0 Å². The zero-order chi connectivity index (χ0) is 20.0. The number of Topliss-reactive ketones (excluding diaryl/α,β-unsaturated/α-hetero) is 1. The Morgan fingerprint density at radius 2 is 1.75 bits per heavy atom. The van der Waals surface area contributed by atoms with Crippen LogP contribution in [0, 0.1) is 10.1 Å². The quantitative estimate of drug-likeness (QED) is 0.419. The number of hydrogen-bond acceptors (Lipinski definition) is 6. The van der Waals surface area contributed by atoms with Crippen molar-refractivity contribution in [2.75, 3.05) is 45.8 Å². The Balaban J connectivity index is 1.56. The zero-order valence-corrected chi connectivity index (χ0v) is 16.9. The second-order valence-electron chi connectivity index (χ2n) is 8.04. The fraction of sp³-hybridized carbons (Fsp3) is 0.667. The van der Waals surface area contributed by atoms with Crippen molar-refractivity contribution in [2.45, 2.75) is 44.6 Å². The van der Waals surface area contributed by atoms with Gasteiger partial charge in [-0.25, -0.2) is 0 Å². The van der Waals surface area contributed by atoms with Gasteiger partial charge in [0.25, 0.3) is 5.69 Å². The first-order valence-corrected chi connectivity index (χ1v) is 10.5. The molecule has 7 heteroatoms. The number of carbonyl (C=O) groups is 1. The van der Waals surface area contributed by atoms with Crippen LogP contribution >= 0.6 is 0 Å². The van der Waals surface area contributed by atoms with Crippen LogP contribution in [0.1, 0.15) is 49.4 Å². The monoisotopic (exact) mass is 388 g/mol. The number of benzene rings is 1. The van der Waals surface area contributed by atoms with Gasteiger partial charge in [0.2, 0.25) is 0 Å². The Kier molecular flexibility index (Phi) is 7.15. The fourth-order valence-corrected chi connectivity index (χ4v) is 4.63. The van der Waals surface area contributed by atoms with Gasteiger partial charge in [0, 0.05) is 56.0 Å². The van der Waals surface area contributed by atoms with Crippen LogP contribution in [-0.2, 0) is 0 Å². The van der Waals surface area contributed by atoms with Crippen molar-refractivity contribution in [3.63, 3.8) is 0 Å². The molecule has 1 aliphatic heterocycles. The highest BCUT2D eigenvalue weighted by molar-refractivity contribution is 5.97. The zero-order valence-electron chi connectivity index (χ0n) is 16.9. The number of nitrogens with zero attached hydrogens (tertiary/aromatic N) is 3. The Labute approximate surface area is 167 Å². The number of rotatable bonds is 8. The Bertz CT molecular complexity index is 663. The van der Waals surface area contributed by atoms with Crippen molar-refractivity contribution >= 4 is 11.5 Å². The largest absolute Gasteiger partial charge is 0.308 e. The number of piperazine rings is 1. The number of likely N-dealkylation sites (N-methyl/N-ethyl adjacent to an activating group) is 1. The molecule has 0 spiro atoms. The summed E-state index contributed by atoms with van der Waals surface area (Å²) in [6.07, 6.45) is 6.20. The molecular formula is C21H32N4O3. The van der Waals surface area contributed by atoms with Gasteiger partial charge in [-0.1, -0.05) is 26.2 Å². The molecule has 1 aromatic rings. The van der Waals surface area contributed by atoms with Gasteiger partial charge in [-0.3, -0.25) is 19.8 Å². The molecule has 0 amide bonds. The van der Waals surface area contributed by atoms with Gasteiger partial charge in [-0.05, 0) is 31.5 Å². The van der Waals surface area contributed by atoms with E-state index in [0.29, 0.717) is 5.56 Å². The van der Waals surface area contributed by atoms with Crippen LogP contribution in [0.25, 0.3) is 0 Å². The predicted octanol–water partition coefficient (Wildman–Crippen LogP) is 2.71. The SMILES string of the molecule is CCN1CCN(C2(CNCC(=O)c3ccc([N+](=O)[O-])cc3)CCCCC2)CC1. The summed E-state index contributed by atoms with van der Waals surface area (Å²) in [5.41, 5.74) is 0.692. The van der Waals surface area contributed by atoms with E-state index in [1.54, 1.807) is 12.1 Å². The first-order chi connectivity index (χ1) is 13.5. The average Bonchev–Trinajstić information content (AvgIpc) is 2.74. The number of nitro benzene ring substituents is 1. The second kappa shape index (κ2) is 9.58. The third-order valence-electron chi connectivity index (χ3n) is 6.41. The van der Waals surface area contributed by atoms with E-state index in [-0.39, 0.29) is 23.6 Å². The highest BCUT2D eigenvalue weighted by Gasteiger charge is 2.38. The van der Waals surface area contributed by atoms with E-state index in [4.69, 9.17) is 0 Å². The molecule has 0 atom stereocenters. The minimum absolute atomic E-state index is 0.0110. The number of non-ortho nitro benzene ring substituents is 1. The molecule has 2 aliphatic rings. The molecule has 28 heavy (non-hydrogen) atoms. The minimum atomic E-state index is -0.447. The first kappa shape index (κ1) is 20.9. The van der Waals surface area contributed by atoms with Gasteiger partial charge in [-0.2, -0.15) is 0 Å². The van der Waals surface area contributed by atoms with Crippen LogP contribution in [-0.4, -0.2) is 71.9 Å². The van der Waals surface area contributed by atoms with Gasteiger partial charge in [0.1, 0.15) is 0 Å². The summed E-state index contributed by atoms with van der Waals surface area (Å²) < 4.78 is 0. The van der Waals surface area contributed by atoms with Crippen molar-refractivity contribution in [2.24, 2.45) is 0 Å². The van der Waals surface area contributed by atoms with Crippen molar-refractivity contribution < 1.29 is 9.72 Å². The lowest BCUT2D eigenvalue weighted by Gasteiger charge is -2.50. The molecule has 1 aliphatic carbocycles. The molecule has 0 radical (unpaired) electrons. The maximum atomic E-state index is 12.5. The third-order valence-corrected chi connectivity index (χ3v) is 6.41. The normalized spacial score (nSPS) is 20.8. The summed E-state index contributed by atoms with van der Waals surface area (Å²) in [7, 11) is 0. The van der Waals surface area contributed by atoms with Crippen molar-refractivity contribution in [3.8, 4) is 0 Å². The summed E-state index contributed by atoms with van der Waals surface area (Å²) in [6.45, 7) is 8.89. The molecule has 1 heterocycles. The van der Waals surface area contributed by atoms with Crippen LogP contribution in [0.3, 0.4) is 0 Å². The topological polar surface area (TPSA) is 78.7 Å². The molecule has 7 nitrogen and oxygen atoms in total. The van der Waals surface area contributed by atoms with Crippen LogP contribution in [0.2, 0.25) is 0 Å². The molecule has 3 rings (SSSR count). The van der Waals surface area contributed by atoms with Gasteiger partial charge in [0.05, 0.1) is 11.5 Å². The lowest BCUT2D eigenvalue weighted by atomic mass is 9.79. The predicted molar refractivity (Wildman–Crippen MR) is 110 cm³/mol. The molecule has 0 bridgehead atoms. The lowest BCUT2D eigenvalue weighted by Crippen LogP contribution is -2.61. The smallest absolute Gasteiger partial charge is 0.269 e. The minimum Gasteiger partial charge on any atom is -0.308 e. The number of nitro groups is 1. The lowest BCUT2D eigenvalue weighted by molar-refractivity contribution is -0.384. The summed E-state index contributed by atoms with van der Waals surface area (Å²) in [6, 6.07) is 5.87. The molecule has 1 saturated carbocycles. The van der Waals surface area contributed by atoms with Crippen molar-refractivity contribution in [1.29, 1.82) is 0 Å². The number of nitrogens with one attached hydrogen (secondary N) is 1. The van der Waals surface area contributed by atoms with Gasteiger partial charge < -0.3 is 10.2 Å². The highest BCUT2D eigenvalue weighted by Crippen LogP contribution is 2.34. The number of carbonyl (C=O) groups excluding carboxylic acids is 1. The van der Waals surface area contributed by atoms with Gasteiger partial charge in [-0.15, -0.1) is 0 Å². The first-order valence-electron chi connectivity index (χ1n) is 10.5. The standard InChI is InChI=1S/C21H32N4O3/c1-2-23-12-14-24(15-13-23)21(10-4-3-5-11-21)17-22-16-20(26)18-6-8-19(9-7-18)25(27)28/h6-9,22H,2-5,10-17H2,1H3. The summed E-state index contributed by atoms with van der Waals surface area (Å²) >= 11 is 0. The Hall–Kier alpha value is -1.83. The van der Waals surface area contributed by atoms with Gasteiger partial charge >= 0.3 is 0 Å². The molecule has 1 aromatic carbocycles. The van der Waals surface area contributed by atoms with E-state index in [2.05, 4.69) is 22.0 Å². The van der Waals surface area contributed by atoms with Crippen molar-refractivity contribution in [3.05, 3.63) is 39.9 Å². The molecule has 1 N–H and O–H groups in total. The van der Waals surface area contributed by atoms with Crippen LogP contribution in [0.15, 0.2) is 24.3 Å². The molecule has 154 valence electrons. The van der Waals surface area contributed by atoms with Crippen LogP contribution in [0.5, 0.6) is 0 Å². The number of hydrogen-bond donors (Lipinski definition) is 1. The van der Waals surface area contributed by atoms with E-state index < -0.39 is 4.92 Å². The molecular weight excluding hydrogens is 356 g/mol. The fourth-order valence-electron chi connectivity index (χ4n) is 4.63. The number of ketones is 1. The van der Waals surface area contributed by atoms with Gasteiger partial charge in [0.15, 0.2) is 5.78 Å². The van der Waals surface area contributed by atoms with E-state index in [1.165, 1.54) is 44.2 Å². The summed E-state index contributed by atoms with van der Waals surface area (Å²) in [5.74, 6) is -0.0170. The molecule has 0 aromatic heterocycles. The van der Waals surface area contributed by atoms with Crippen molar-refractivity contribution in [1.82, 2.24) is 15.1 Å². The maximum absolute atomic E-state index is 12.5. The highest BCUT2D eigenvalue weighted by atomic mass is 16.6. The Morgan fingerprint density at radius 1 is 1.11 bits per heavy atom.